The molecule has 3 nitrogen and oxygen atoms in total. The van der Waals surface area contributed by atoms with E-state index in [4.69, 9.17) is 4.74 Å². The van der Waals surface area contributed by atoms with E-state index in [0.29, 0.717) is 5.41 Å². The quantitative estimate of drug-likeness (QED) is 0.627. The van der Waals surface area contributed by atoms with E-state index < -0.39 is 0 Å². The maximum absolute atomic E-state index is 5.03. The van der Waals surface area contributed by atoms with Gasteiger partial charge in [-0.3, -0.25) is 0 Å². The molecule has 0 radical (unpaired) electrons. The first-order chi connectivity index (χ1) is 8.26. The molecule has 3 heteroatoms. The highest BCUT2D eigenvalue weighted by Gasteiger charge is 2.34. The van der Waals surface area contributed by atoms with Crippen LogP contribution in [-0.2, 0) is 4.74 Å². The Morgan fingerprint density at radius 1 is 1.24 bits per heavy atom. The predicted octanol–water partition coefficient (Wildman–Crippen LogP) is 2.12. The average molecular weight is 242 g/mol. The summed E-state index contributed by atoms with van der Waals surface area (Å²) < 4.78 is 5.03. The van der Waals surface area contributed by atoms with Gasteiger partial charge >= 0.3 is 0 Å². The summed E-state index contributed by atoms with van der Waals surface area (Å²) in [6, 6.07) is 0. The van der Waals surface area contributed by atoms with E-state index in [0.717, 1.165) is 26.1 Å². The zero-order valence-corrected chi connectivity index (χ0v) is 11.9. The van der Waals surface area contributed by atoms with Crippen LogP contribution in [0.2, 0.25) is 0 Å². The number of likely N-dealkylation sites (tertiary alicyclic amines) is 1. The molecule has 1 rings (SSSR count). The van der Waals surface area contributed by atoms with Gasteiger partial charge in [-0.2, -0.15) is 0 Å². The molecule has 0 unspecified atom stereocenters. The standard InChI is InChI=1S/C14H30N2O/c1-4-14(5-2)7-10-16(13-14)11-9-15-8-6-12-17-3/h15H,4-13H2,1-3H3. The molecule has 1 heterocycles. The summed E-state index contributed by atoms with van der Waals surface area (Å²) in [4.78, 5) is 2.62. The predicted molar refractivity (Wildman–Crippen MR) is 73.4 cm³/mol. The summed E-state index contributed by atoms with van der Waals surface area (Å²) in [5.74, 6) is 0. The molecule has 1 fully saturated rings. The highest BCUT2D eigenvalue weighted by molar-refractivity contribution is 4.87. The minimum absolute atomic E-state index is 0.621. The topological polar surface area (TPSA) is 24.5 Å². The Morgan fingerprint density at radius 2 is 2.00 bits per heavy atom. The molecule has 0 bridgehead atoms. The highest BCUT2D eigenvalue weighted by atomic mass is 16.5. The third-order valence-corrected chi connectivity index (χ3v) is 4.32. The smallest absolute Gasteiger partial charge is 0.0474 e. The lowest BCUT2D eigenvalue weighted by Gasteiger charge is -2.26. The van der Waals surface area contributed by atoms with Crippen molar-refractivity contribution in [2.24, 2.45) is 5.41 Å². The maximum Gasteiger partial charge on any atom is 0.0474 e. The molecular formula is C14H30N2O. The van der Waals surface area contributed by atoms with Crippen molar-refractivity contribution in [3.05, 3.63) is 0 Å². The fourth-order valence-corrected chi connectivity index (χ4v) is 2.75. The molecule has 0 amide bonds. The minimum atomic E-state index is 0.621. The van der Waals surface area contributed by atoms with Crippen molar-refractivity contribution >= 4 is 0 Å². The molecule has 0 spiro atoms. The van der Waals surface area contributed by atoms with Gasteiger partial charge in [-0.1, -0.05) is 13.8 Å². The average Bonchev–Trinajstić information content (AvgIpc) is 2.78. The van der Waals surface area contributed by atoms with Crippen LogP contribution in [0.5, 0.6) is 0 Å². The molecule has 0 atom stereocenters. The van der Waals surface area contributed by atoms with Gasteiger partial charge in [-0.25, -0.2) is 0 Å². The van der Waals surface area contributed by atoms with Crippen LogP contribution in [0.4, 0.5) is 0 Å². The lowest BCUT2D eigenvalue weighted by molar-refractivity contribution is 0.193. The first-order valence-corrected chi connectivity index (χ1v) is 7.18. The van der Waals surface area contributed by atoms with E-state index in [1.54, 1.807) is 7.11 Å². The van der Waals surface area contributed by atoms with Crippen molar-refractivity contribution in [2.45, 2.75) is 39.5 Å². The molecule has 0 aliphatic carbocycles. The van der Waals surface area contributed by atoms with E-state index in [2.05, 4.69) is 24.1 Å². The number of rotatable bonds is 9. The molecular weight excluding hydrogens is 212 g/mol. The van der Waals surface area contributed by atoms with Crippen LogP contribution >= 0.6 is 0 Å². The molecule has 1 saturated heterocycles. The van der Waals surface area contributed by atoms with E-state index in [1.165, 1.54) is 38.9 Å². The monoisotopic (exact) mass is 242 g/mol. The Balaban J connectivity index is 2.06. The van der Waals surface area contributed by atoms with Crippen LogP contribution in [-0.4, -0.2) is 51.3 Å². The Kier molecular flexibility index (Phi) is 7.09. The second-order valence-electron chi connectivity index (χ2n) is 5.33. The number of nitrogens with one attached hydrogen (secondary N) is 1. The van der Waals surface area contributed by atoms with Crippen molar-refractivity contribution in [3.8, 4) is 0 Å². The molecule has 17 heavy (non-hydrogen) atoms. The Morgan fingerprint density at radius 3 is 2.59 bits per heavy atom. The van der Waals surface area contributed by atoms with Gasteiger partial charge in [0.05, 0.1) is 0 Å². The van der Waals surface area contributed by atoms with Crippen molar-refractivity contribution in [1.29, 1.82) is 0 Å². The van der Waals surface area contributed by atoms with Crippen molar-refractivity contribution in [2.75, 3.05) is 46.4 Å². The number of hydrogen-bond donors (Lipinski definition) is 1. The largest absolute Gasteiger partial charge is 0.385 e. The number of ether oxygens (including phenoxy) is 1. The van der Waals surface area contributed by atoms with Gasteiger partial charge < -0.3 is 15.0 Å². The van der Waals surface area contributed by atoms with Crippen molar-refractivity contribution in [3.63, 3.8) is 0 Å². The lowest BCUT2D eigenvalue weighted by atomic mass is 9.82. The van der Waals surface area contributed by atoms with Crippen molar-refractivity contribution in [1.82, 2.24) is 10.2 Å². The molecule has 0 aromatic rings. The fourth-order valence-electron chi connectivity index (χ4n) is 2.75. The van der Waals surface area contributed by atoms with Crippen LogP contribution in [0.15, 0.2) is 0 Å². The summed E-state index contributed by atoms with van der Waals surface area (Å²) in [6.07, 6.45) is 5.18. The van der Waals surface area contributed by atoms with Gasteiger partial charge in [0.2, 0.25) is 0 Å². The molecule has 102 valence electrons. The van der Waals surface area contributed by atoms with Gasteiger partial charge in [-0.05, 0) is 44.2 Å². The van der Waals surface area contributed by atoms with Gasteiger partial charge in [0, 0.05) is 33.4 Å². The summed E-state index contributed by atoms with van der Waals surface area (Å²) in [7, 11) is 1.76. The number of hydrogen-bond acceptors (Lipinski definition) is 3. The van der Waals surface area contributed by atoms with E-state index in [9.17, 15) is 0 Å². The number of nitrogens with zero attached hydrogens (tertiary/aromatic N) is 1. The van der Waals surface area contributed by atoms with Crippen LogP contribution in [0.25, 0.3) is 0 Å². The summed E-state index contributed by atoms with van der Waals surface area (Å²) in [5, 5.41) is 3.49. The van der Waals surface area contributed by atoms with Crippen LogP contribution in [0.3, 0.4) is 0 Å². The lowest BCUT2D eigenvalue weighted by Crippen LogP contribution is -2.33. The minimum Gasteiger partial charge on any atom is -0.385 e. The maximum atomic E-state index is 5.03. The number of methoxy groups -OCH3 is 1. The van der Waals surface area contributed by atoms with E-state index in [1.807, 2.05) is 0 Å². The van der Waals surface area contributed by atoms with Gasteiger partial charge in [-0.15, -0.1) is 0 Å². The Hall–Kier alpha value is -0.120. The Bertz CT molecular complexity index is 193. The zero-order chi connectivity index (χ0) is 12.6. The molecule has 0 saturated carbocycles. The summed E-state index contributed by atoms with van der Waals surface area (Å²) in [5.41, 5.74) is 0.621. The summed E-state index contributed by atoms with van der Waals surface area (Å²) >= 11 is 0. The summed E-state index contributed by atoms with van der Waals surface area (Å²) in [6.45, 7) is 11.6. The molecule has 1 N–H and O–H groups in total. The third kappa shape index (κ3) is 4.94. The molecule has 1 aliphatic rings. The third-order valence-electron chi connectivity index (χ3n) is 4.32. The first-order valence-electron chi connectivity index (χ1n) is 7.18. The van der Waals surface area contributed by atoms with Crippen LogP contribution in [0, 0.1) is 5.41 Å². The van der Waals surface area contributed by atoms with Crippen LogP contribution < -0.4 is 5.32 Å². The van der Waals surface area contributed by atoms with Crippen molar-refractivity contribution < 1.29 is 4.74 Å². The fraction of sp³-hybridized carbons (Fsp3) is 1.00. The first kappa shape index (κ1) is 14.9. The zero-order valence-electron chi connectivity index (χ0n) is 11.9. The second kappa shape index (κ2) is 8.06. The van der Waals surface area contributed by atoms with Gasteiger partial charge in [0.1, 0.15) is 0 Å². The molecule has 0 aromatic carbocycles. The van der Waals surface area contributed by atoms with Gasteiger partial charge in [0.15, 0.2) is 0 Å². The second-order valence-corrected chi connectivity index (χ2v) is 5.33. The Labute approximate surface area is 107 Å². The van der Waals surface area contributed by atoms with Crippen LogP contribution in [0.1, 0.15) is 39.5 Å². The normalized spacial score (nSPS) is 19.9. The SMILES string of the molecule is CCC1(CC)CCN(CCNCCCOC)C1. The highest BCUT2D eigenvalue weighted by Crippen LogP contribution is 2.36. The molecule has 1 aliphatic heterocycles. The molecule has 0 aromatic heterocycles. The van der Waals surface area contributed by atoms with Gasteiger partial charge in [0.25, 0.3) is 0 Å². The van der Waals surface area contributed by atoms with E-state index in [-0.39, 0.29) is 0 Å². The van der Waals surface area contributed by atoms with E-state index >= 15 is 0 Å².